The Kier molecular flexibility index (Phi) is 18.0. The van der Waals surface area contributed by atoms with Crippen molar-refractivity contribution in [2.75, 3.05) is 13.2 Å². The highest BCUT2D eigenvalue weighted by Crippen LogP contribution is 2.35. The van der Waals surface area contributed by atoms with Gasteiger partial charge in [0.1, 0.15) is 0 Å². The number of rotatable bonds is 18. The van der Waals surface area contributed by atoms with E-state index >= 15 is 0 Å². The zero-order valence-electron chi connectivity index (χ0n) is 17.4. The molecule has 0 fully saturated rings. The summed E-state index contributed by atoms with van der Waals surface area (Å²) in [7, 11) is -4.49. The molecule has 0 rings (SSSR count). The van der Waals surface area contributed by atoms with E-state index < -0.39 is 19.9 Å². The first kappa shape index (κ1) is 27.8. The maximum absolute atomic E-state index is 11.6. The molecular weight excluding hydrogens is 395 g/mol. The first-order valence-corrected chi connectivity index (χ1v) is 11.9. The quantitative estimate of drug-likeness (QED) is 0.126. The van der Waals surface area contributed by atoms with E-state index in [1.54, 1.807) is 0 Å². The molecule has 0 amide bonds. The predicted molar refractivity (Wildman–Crippen MR) is 114 cm³/mol. The molecule has 0 radical (unpaired) electrons. The van der Waals surface area contributed by atoms with Crippen LogP contribution in [0.15, 0.2) is 36.5 Å². The topological polar surface area (TPSA) is 113 Å². The van der Waals surface area contributed by atoms with E-state index in [4.69, 9.17) is 14.5 Å². The van der Waals surface area contributed by atoms with E-state index in [-0.39, 0.29) is 19.6 Å². The molecule has 0 saturated heterocycles. The molecule has 0 spiro atoms. The van der Waals surface area contributed by atoms with Gasteiger partial charge in [-0.1, -0.05) is 62.6 Å². The van der Waals surface area contributed by atoms with Crippen LogP contribution in [0, 0.1) is 0 Å². The minimum absolute atomic E-state index is 0.0488. The van der Waals surface area contributed by atoms with Gasteiger partial charge in [-0.15, -0.1) is 0 Å². The zero-order valence-corrected chi connectivity index (χ0v) is 18.3. The van der Waals surface area contributed by atoms with Gasteiger partial charge in [-0.3, -0.25) is 4.52 Å². The normalized spacial score (nSPS) is 13.7. The van der Waals surface area contributed by atoms with Gasteiger partial charge in [0.25, 0.3) is 0 Å². The molecule has 7 nitrogen and oxygen atoms in total. The number of carbonyl (C=O) groups excluding carboxylic acids is 1. The third-order valence-electron chi connectivity index (χ3n) is 3.94. The molecule has 0 aromatic rings. The molecule has 0 aliphatic rings. The summed E-state index contributed by atoms with van der Waals surface area (Å²) >= 11 is 0. The Morgan fingerprint density at radius 1 is 0.897 bits per heavy atom. The molecule has 3 N–H and O–H groups in total. The van der Waals surface area contributed by atoms with Crippen molar-refractivity contribution in [1.29, 1.82) is 0 Å². The van der Waals surface area contributed by atoms with Crippen molar-refractivity contribution >= 4 is 13.8 Å². The Morgan fingerprint density at radius 2 is 1.52 bits per heavy atom. The van der Waals surface area contributed by atoms with E-state index in [1.807, 2.05) is 0 Å². The Bertz CT molecular complexity index is 537. The number of unbranched alkanes of at least 4 members (excludes halogenated alkanes) is 4. The van der Waals surface area contributed by atoms with Gasteiger partial charge in [-0.25, -0.2) is 9.36 Å². The number of ether oxygens (including phenoxy) is 1. The molecule has 0 saturated carbocycles. The molecule has 8 heteroatoms. The van der Waals surface area contributed by atoms with Crippen LogP contribution in [-0.4, -0.2) is 40.2 Å². The molecule has 29 heavy (non-hydrogen) atoms. The van der Waals surface area contributed by atoms with Crippen LogP contribution in [0.1, 0.15) is 71.1 Å². The van der Waals surface area contributed by atoms with Gasteiger partial charge < -0.3 is 19.6 Å². The highest BCUT2D eigenvalue weighted by atomic mass is 31.2. The molecule has 1 atom stereocenters. The van der Waals surface area contributed by atoms with Gasteiger partial charge in [0.15, 0.2) is 6.10 Å². The summed E-state index contributed by atoms with van der Waals surface area (Å²) in [4.78, 5) is 28.6. The van der Waals surface area contributed by atoms with E-state index in [9.17, 15) is 14.5 Å². The second-order valence-corrected chi connectivity index (χ2v) is 7.89. The maximum atomic E-state index is 11.6. The highest BCUT2D eigenvalue weighted by molar-refractivity contribution is 7.46. The number of allylic oxidation sites excluding steroid dienone is 6. The van der Waals surface area contributed by atoms with Crippen molar-refractivity contribution in [2.45, 2.75) is 77.2 Å². The van der Waals surface area contributed by atoms with Crippen LogP contribution in [0.3, 0.4) is 0 Å². The zero-order chi connectivity index (χ0) is 21.8. The minimum atomic E-state index is -4.49. The summed E-state index contributed by atoms with van der Waals surface area (Å²) in [6.45, 7) is 1.86. The molecule has 0 aliphatic heterocycles. The lowest BCUT2D eigenvalue weighted by Gasteiger charge is -2.11. The average molecular weight is 432 g/mol. The van der Waals surface area contributed by atoms with Crippen molar-refractivity contribution in [3.63, 3.8) is 0 Å². The molecule has 0 aromatic heterocycles. The van der Waals surface area contributed by atoms with Crippen molar-refractivity contribution in [3.8, 4) is 0 Å². The van der Waals surface area contributed by atoms with Crippen LogP contribution in [0.4, 0.5) is 0 Å². The average Bonchev–Trinajstić information content (AvgIpc) is 2.66. The largest absolute Gasteiger partial charge is 0.469 e. The van der Waals surface area contributed by atoms with E-state index in [0.29, 0.717) is 6.42 Å². The number of aliphatic hydroxyl groups is 1. The van der Waals surface area contributed by atoms with Gasteiger partial charge in [-0.05, 0) is 38.5 Å². The van der Waals surface area contributed by atoms with Crippen molar-refractivity contribution in [2.24, 2.45) is 0 Å². The number of hydrogen-bond donors (Lipinski definition) is 3. The third kappa shape index (κ3) is 21.3. The number of phosphoric acid groups is 1. The van der Waals surface area contributed by atoms with E-state index in [0.717, 1.165) is 51.4 Å². The first-order chi connectivity index (χ1) is 13.9. The van der Waals surface area contributed by atoms with Gasteiger partial charge >= 0.3 is 13.8 Å². The fourth-order valence-corrected chi connectivity index (χ4v) is 2.78. The van der Waals surface area contributed by atoms with Gasteiger partial charge in [0, 0.05) is 6.42 Å². The number of phosphoric ester groups is 1. The Hall–Kier alpha value is -1.24. The molecule has 168 valence electrons. The summed E-state index contributed by atoms with van der Waals surface area (Å²) < 4.78 is 19.5. The molecule has 0 aromatic carbocycles. The Balaban J connectivity index is 3.53. The lowest BCUT2D eigenvalue weighted by molar-refractivity contribution is -0.154. The van der Waals surface area contributed by atoms with Crippen molar-refractivity contribution < 1.29 is 33.5 Å². The number of aliphatic hydroxyl groups excluding tert-OH is 1. The molecule has 0 heterocycles. The molecule has 1 unspecified atom stereocenters. The van der Waals surface area contributed by atoms with Crippen LogP contribution in [-0.2, 0) is 18.6 Å². The second kappa shape index (κ2) is 18.8. The van der Waals surface area contributed by atoms with Gasteiger partial charge in [-0.2, -0.15) is 0 Å². The Labute approximate surface area is 174 Å². The molecule has 0 aliphatic carbocycles. The summed E-state index contributed by atoms with van der Waals surface area (Å²) in [5, 5.41) is 9.74. The second-order valence-electron chi connectivity index (χ2n) is 6.65. The van der Waals surface area contributed by atoms with Crippen LogP contribution in [0.5, 0.6) is 0 Å². The summed E-state index contributed by atoms with van der Waals surface area (Å²) in [6, 6.07) is 0. The summed E-state index contributed by atoms with van der Waals surface area (Å²) in [5.41, 5.74) is 0. The van der Waals surface area contributed by atoms with Crippen LogP contribution in [0.25, 0.3) is 0 Å². The fourth-order valence-electron chi connectivity index (χ4n) is 2.41. The van der Waals surface area contributed by atoms with Gasteiger partial charge in [0.05, 0.1) is 13.2 Å². The standard InChI is InChI=1S/C21H37O7P/c1-2-3-4-5-6-7-8-9-10-11-12-13-14-15-17-20(22)21(23)27-18-16-19-28-29(24,25)26/h3-4,6-7,9-10,20,22H,2,5,8,11-19H2,1H3,(H2,24,25,26)/b4-3+,7-6+,10-9+. The summed E-state index contributed by atoms with van der Waals surface area (Å²) in [5.74, 6) is -0.706. The predicted octanol–water partition coefficient (Wildman–Crippen LogP) is 4.59. The summed E-state index contributed by atoms with van der Waals surface area (Å²) in [6.07, 6.45) is 20.3. The van der Waals surface area contributed by atoms with E-state index in [1.165, 1.54) is 0 Å². The van der Waals surface area contributed by atoms with Crippen LogP contribution >= 0.6 is 7.82 Å². The number of hydrogen-bond acceptors (Lipinski definition) is 5. The fraction of sp³-hybridized carbons (Fsp3) is 0.667. The maximum Gasteiger partial charge on any atom is 0.469 e. The van der Waals surface area contributed by atoms with E-state index in [2.05, 4.69) is 47.9 Å². The Morgan fingerprint density at radius 3 is 2.17 bits per heavy atom. The highest BCUT2D eigenvalue weighted by Gasteiger charge is 2.16. The number of carbonyl (C=O) groups is 1. The lowest BCUT2D eigenvalue weighted by atomic mass is 10.1. The first-order valence-electron chi connectivity index (χ1n) is 10.4. The smallest absolute Gasteiger partial charge is 0.464 e. The third-order valence-corrected chi connectivity index (χ3v) is 4.46. The monoisotopic (exact) mass is 432 g/mol. The minimum Gasteiger partial charge on any atom is -0.464 e. The molecular formula is C21H37O7P. The van der Waals surface area contributed by atoms with Crippen molar-refractivity contribution in [1.82, 2.24) is 0 Å². The van der Waals surface area contributed by atoms with Crippen molar-refractivity contribution in [3.05, 3.63) is 36.5 Å². The molecule has 0 bridgehead atoms. The lowest BCUT2D eigenvalue weighted by Crippen LogP contribution is -2.23. The van der Waals surface area contributed by atoms with Gasteiger partial charge in [0.2, 0.25) is 0 Å². The van der Waals surface area contributed by atoms with Crippen LogP contribution < -0.4 is 0 Å². The SMILES string of the molecule is CC/C=C/C/C=C/C/C=C/CCCCCCC(O)C(=O)OCCCOP(=O)(O)O. The number of esters is 1. The van der Waals surface area contributed by atoms with Crippen LogP contribution in [0.2, 0.25) is 0 Å².